The molecule has 2 rings (SSSR count). The number of hydrogen-bond donors (Lipinski definition) is 1. The summed E-state index contributed by atoms with van der Waals surface area (Å²) in [5.41, 5.74) is 7.47. The lowest BCUT2D eigenvalue weighted by Gasteiger charge is -1.94. The van der Waals surface area contributed by atoms with Crippen LogP contribution >= 0.6 is 0 Å². The van der Waals surface area contributed by atoms with Gasteiger partial charge in [0.15, 0.2) is 5.78 Å². The lowest BCUT2D eigenvalue weighted by molar-refractivity contribution is 0.0974. The SMILES string of the molecule is N[C@H]1Cc2ccccc2C1=O. The van der Waals surface area contributed by atoms with E-state index in [9.17, 15) is 4.79 Å². The van der Waals surface area contributed by atoms with Gasteiger partial charge in [0, 0.05) is 5.56 Å². The largest absolute Gasteiger partial charge is 0.321 e. The van der Waals surface area contributed by atoms with Crippen molar-refractivity contribution in [2.24, 2.45) is 5.73 Å². The van der Waals surface area contributed by atoms with Crippen molar-refractivity contribution in [1.29, 1.82) is 0 Å². The number of Topliss-reactive ketones (excluding diaryl/α,β-unsaturated/α-hetero) is 1. The van der Waals surface area contributed by atoms with E-state index in [0.29, 0.717) is 6.42 Å². The molecule has 0 saturated heterocycles. The Hall–Kier alpha value is -1.15. The molecule has 0 bridgehead atoms. The first-order chi connectivity index (χ1) is 5.29. The van der Waals surface area contributed by atoms with Gasteiger partial charge in [-0.3, -0.25) is 4.79 Å². The summed E-state index contributed by atoms with van der Waals surface area (Å²) in [7, 11) is 0. The monoisotopic (exact) mass is 147 g/mol. The summed E-state index contributed by atoms with van der Waals surface area (Å²) >= 11 is 0. The maximum atomic E-state index is 11.3. The molecule has 0 unspecified atom stereocenters. The van der Waals surface area contributed by atoms with Gasteiger partial charge < -0.3 is 5.73 Å². The first-order valence-electron chi connectivity index (χ1n) is 3.67. The zero-order valence-corrected chi connectivity index (χ0v) is 6.08. The van der Waals surface area contributed by atoms with Crippen molar-refractivity contribution in [1.82, 2.24) is 0 Å². The Kier molecular flexibility index (Phi) is 1.29. The standard InChI is InChI=1S/C9H9NO/c10-8-5-6-3-1-2-4-7(6)9(8)11/h1-4,8H,5,10H2/t8-/m0/s1. The Morgan fingerprint density at radius 3 is 2.82 bits per heavy atom. The molecule has 11 heavy (non-hydrogen) atoms. The first kappa shape index (κ1) is 6.55. The van der Waals surface area contributed by atoms with Crippen LogP contribution < -0.4 is 5.73 Å². The molecule has 0 fully saturated rings. The van der Waals surface area contributed by atoms with E-state index in [2.05, 4.69) is 0 Å². The Morgan fingerprint density at radius 1 is 1.36 bits per heavy atom. The van der Waals surface area contributed by atoms with Crippen LogP contribution in [0.1, 0.15) is 15.9 Å². The second-order valence-electron chi connectivity index (χ2n) is 2.83. The fraction of sp³-hybridized carbons (Fsp3) is 0.222. The summed E-state index contributed by atoms with van der Waals surface area (Å²) in [6.45, 7) is 0. The summed E-state index contributed by atoms with van der Waals surface area (Å²) in [4.78, 5) is 11.3. The molecule has 0 amide bonds. The van der Waals surface area contributed by atoms with Gasteiger partial charge in [0.1, 0.15) is 0 Å². The third-order valence-corrected chi connectivity index (χ3v) is 2.06. The van der Waals surface area contributed by atoms with Gasteiger partial charge in [0.25, 0.3) is 0 Å². The predicted octanol–water partition coefficient (Wildman–Crippen LogP) is 0.753. The van der Waals surface area contributed by atoms with E-state index < -0.39 is 0 Å². The maximum Gasteiger partial charge on any atom is 0.180 e. The van der Waals surface area contributed by atoms with Crippen molar-refractivity contribution in [2.45, 2.75) is 12.5 Å². The summed E-state index contributed by atoms with van der Waals surface area (Å²) in [6, 6.07) is 7.30. The van der Waals surface area contributed by atoms with Crippen LogP contribution in [0.2, 0.25) is 0 Å². The van der Waals surface area contributed by atoms with Gasteiger partial charge in [-0.25, -0.2) is 0 Å². The molecule has 0 aromatic heterocycles. The summed E-state index contributed by atoms with van der Waals surface area (Å²) < 4.78 is 0. The molecule has 2 nitrogen and oxygen atoms in total. The molecule has 2 N–H and O–H groups in total. The smallest absolute Gasteiger partial charge is 0.180 e. The number of hydrogen-bond acceptors (Lipinski definition) is 2. The van der Waals surface area contributed by atoms with Gasteiger partial charge in [0.05, 0.1) is 6.04 Å². The van der Waals surface area contributed by atoms with E-state index in [0.717, 1.165) is 11.1 Å². The molecule has 0 heterocycles. The van der Waals surface area contributed by atoms with Crippen LogP contribution in [0.3, 0.4) is 0 Å². The van der Waals surface area contributed by atoms with E-state index in [4.69, 9.17) is 5.73 Å². The van der Waals surface area contributed by atoms with Gasteiger partial charge in [-0.15, -0.1) is 0 Å². The molecule has 0 radical (unpaired) electrons. The van der Waals surface area contributed by atoms with Gasteiger partial charge in [-0.1, -0.05) is 24.3 Å². The molecule has 1 aliphatic rings. The summed E-state index contributed by atoms with van der Waals surface area (Å²) in [5.74, 6) is 0.0839. The lowest BCUT2D eigenvalue weighted by Crippen LogP contribution is -2.26. The minimum Gasteiger partial charge on any atom is -0.321 e. The fourth-order valence-electron chi connectivity index (χ4n) is 1.47. The van der Waals surface area contributed by atoms with E-state index in [-0.39, 0.29) is 11.8 Å². The molecular formula is C9H9NO. The maximum absolute atomic E-state index is 11.3. The van der Waals surface area contributed by atoms with Crippen molar-refractivity contribution >= 4 is 5.78 Å². The zero-order chi connectivity index (χ0) is 7.84. The number of rotatable bonds is 0. The molecule has 0 saturated carbocycles. The normalized spacial score (nSPS) is 21.9. The highest BCUT2D eigenvalue weighted by Gasteiger charge is 2.26. The van der Waals surface area contributed by atoms with Crippen LogP contribution in [0.25, 0.3) is 0 Å². The average Bonchev–Trinajstić information content (AvgIpc) is 2.30. The van der Waals surface area contributed by atoms with Crippen LogP contribution in [0.15, 0.2) is 24.3 Å². The number of carbonyl (C=O) groups is 1. The quantitative estimate of drug-likeness (QED) is 0.588. The Morgan fingerprint density at radius 2 is 2.09 bits per heavy atom. The average molecular weight is 147 g/mol. The molecule has 0 aliphatic heterocycles. The highest BCUT2D eigenvalue weighted by Crippen LogP contribution is 2.19. The molecular weight excluding hydrogens is 138 g/mol. The van der Waals surface area contributed by atoms with Gasteiger partial charge >= 0.3 is 0 Å². The number of nitrogens with two attached hydrogens (primary N) is 1. The second kappa shape index (κ2) is 2.17. The highest BCUT2D eigenvalue weighted by atomic mass is 16.1. The van der Waals surface area contributed by atoms with Crippen LogP contribution in [0, 0.1) is 0 Å². The van der Waals surface area contributed by atoms with Crippen LogP contribution in [0.4, 0.5) is 0 Å². The van der Waals surface area contributed by atoms with Crippen LogP contribution in [-0.2, 0) is 6.42 Å². The van der Waals surface area contributed by atoms with Crippen molar-refractivity contribution in [3.63, 3.8) is 0 Å². The molecule has 56 valence electrons. The first-order valence-corrected chi connectivity index (χ1v) is 3.67. The molecule has 1 aliphatic carbocycles. The molecule has 2 heteroatoms. The minimum absolute atomic E-state index is 0.0839. The van der Waals surface area contributed by atoms with E-state index in [1.807, 2.05) is 24.3 Å². The Labute approximate surface area is 65.0 Å². The fourth-order valence-corrected chi connectivity index (χ4v) is 1.47. The predicted molar refractivity (Wildman–Crippen MR) is 42.5 cm³/mol. The Bertz CT molecular complexity index is 306. The van der Waals surface area contributed by atoms with Crippen LogP contribution in [-0.4, -0.2) is 11.8 Å². The van der Waals surface area contributed by atoms with Gasteiger partial charge in [0.2, 0.25) is 0 Å². The number of carbonyl (C=O) groups excluding carboxylic acids is 1. The molecule has 1 atom stereocenters. The van der Waals surface area contributed by atoms with Gasteiger partial charge in [-0.05, 0) is 12.0 Å². The minimum atomic E-state index is -0.299. The van der Waals surface area contributed by atoms with Gasteiger partial charge in [-0.2, -0.15) is 0 Å². The molecule has 1 aromatic rings. The number of fused-ring (bicyclic) bond motifs is 1. The third-order valence-electron chi connectivity index (χ3n) is 2.06. The van der Waals surface area contributed by atoms with E-state index in [1.54, 1.807) is 0 Å². The zero-order valence-electron chi connectivity index (χ0n) is 6.08. The second-order valence-corrected chi connectivity index (χ2v) is 2.83. The summed E-state index contributed by atoms with van der Waals surface area (Å²) in [6.07, 6.45) is 0.703. The topological polar surface area (TPSA) is 43.1 Å². The summed E-state index contributed by atoms with van der Waals surface area (Å²) in [5, 5.41) is 0. The molecule has 0 spiro atoms. The van der Waals surface area contributed by atoms with E-state index >= 15 is 0 Å². The van der Waals surface area contributed by atoms with Crippen molar-refractivity contribution in [3.8, 4) is 0 Å². The van der Waals surface area contributed by atoms with Crippen molar-refractivity contribution in [2.75, 3.05) is 0 Å². The number of ketones is 1. The Balaban J connectivity index is 2.55. The third kappa shape index (κ3) is 0.870. The number of benzene rings is 1. The lowest BCUT2D eigenvalue weighted by atomic mass is 10.1. The molecule has 1 aromatic carbocycles. The van der Waals surface area contributed by atoms with Crippen LogP contribution in [0.5, 0.6) is 0 Å². The van der Waals surface area contributed by atoms with Crippen molar-refractivity contribution < 1.29 is 4.79 Å². The highest BCUT2D eigenvalue weighted by molar-refractivity contribution is 6.04. The van der Waals surface area contributed by atoms with E-state index in [1.165, 1.54) is 0 Å². The van der Waals surface area contributed by atoms with Crippen molar-refractivity contribution in [3.05, 3.63) is 35.4 Å².